The Balaban J connectivity index is 1.62. The summed E-state index contributed by atoms with van der Waals surface area (Å²) in [4.78, 5) is 40.4. The molecule has 0 radical (unpaired) electrons. The fraction of sp³-hybridized carbons (Fsp3) is 0.286. The molecule has 6 rings (SSSR count). The van der Waals surface area contributed by atoms with Crippen LogP contribution in [0, 0.1) is 12.7 Å². The molecule has 2 heterocycles. The van der Waals surface area contributed by atoms with E-state index < -0.39 is 53.5 Å². The molecule has 2 atom stereocenters. The van der Waals surface area contributed by atoms with Crippen molar-refractivity contribution in [3.05, 3.63) is 116 Å². The zero-order valence-corrected chi connectivity index (χ0v) is 26.0. The molecule has 1 aromatic heterocycles. The van der Waals surface area contributed by atoms with Gasteiger partial charge in [0, 0.05) is 34.0 Å². The number of amides is 1. The SMILES string of the molecule is CCOC(=O)C[C@@H]1NC(=O)[C@@H](n2ccc(C(F)(F)F)cc2=O)c2cc(ccc2Cl)Oc2cccc(C)c2-c2cc(C3CC3)c(F)c1c2. The minimum Gasteiger partial charge on any atom is -0.466 e. The number of nitrogens with one attached hydrogen (secondary N) is 1. The van der Waals surface area contributed by atoms with Crippen LogP contribution < -0.4 is 15.6 Å². The number of carbonyl (C=O) groups excluding carboxylic acids is 2. The van der Waals surface area contributed by atoms with Gasteiger partial charge in [0.15, 0.2) is 0 Å². The summed E-state index contributed by atoms with van der Waals surface area (Å²) < 4.78 is 69.2. The highest BCUT2D eigenvalue weighted by atomic mass is 35.5. The van der Waals surface area contributed by atoms with Gasteiger partial charge in [0.05, 0.1) is 24.6 Å². The number of esters is 1. The number of halogens is 5. The van der Waals surface area contributed by atoms with E-state index in [2.05, 4.69) is 5.32 Å². The van der Waals surface area contributed by atoms with Gasteiger partial charge in [-0.3, -0.25) is 19.0 Å². The number of hydrogen-bond donors (Lipinski definition) is 1. The third kappa shape index (κ3) is 6.49. The monoisotopic (exact) mass is 668 g/mol. The van der Waals surface area contributed by atoms with E-state index in [0.717, 1.165) is 29.2 Å². The van der Waals surface area contributed by atoms with Crippen LogP contribution >= 0.6 is 11.6 Å². The summed E-state index contributed by atoms with van der Waals surface area (Å²) in [5, 5.41) is 2.72. The van der Waals surface area contributed by atoms with Crippen LogP contribution in [-0.4, -0.2) is 23.1 Å². The van der Waals surface area contributed by atoms with E-state index in [1.807, 2.05) is 13.0 Å². The zero-order valence-electron chi connectivity index (χ0n) is 25.3. The van der Waals surface area contributed by atoms with E-state index in [1.54, 1.807) is 37.3 Å². The van der Waals surface area contributed by atoms with E-state index in [-0.39, 0.29) is 34.4 Å². The molecular weight excluding hydrogens is 640 g/mol. The van der Waals surface area contributed by atoms with Crippen molar-refractivity contribution in [3.8, 4) is 22.6 Å². The van der Waals surface area contributed by atoms with E-state index in [1.165, 1.54) is 12.1 Å². The van der Waals surface area contributed by atoms with Gasteiger partial charge in [-0.05, 0) is 91.8 Å². The number of benzene rings is 3. The topological polar surface area (TPSA) is 86.6 Å². The lowest BCUT2D eigenvalue weighted by molar-refractivity contribution is -0.144. The van der Waals surface area contributed by atoms with Gasteiger partial charge in [-0.25, -0.2) is 4.39 Å². The molecule has 244 valence electrons. The molecule has 7 nitrogen and oxygen atoms in total. The number of pyridine rings is 1. The van der Waals surface area contributed by atoms with Crippen LogP contribution in [0.25, 0.3) is 11.1 Å². The maximum absolute atomic E-state index is 16.4. The normalized spacial score (nSPS) is 17.7. The molecule has 2 aliphatic rings. The standard InChI is InChI=1S/C35H29ClF4N2O5/c1-3-46-30(44)17-27-25-14-20(13-23(32(25)37)19-7-8-19)31-18(2)5-4-6-28(31)47-22-9-10-26(36)24(16-22)33(34(45)41-27)42-12-11-21(15-29(42)43)35(38,39)40/h4-6,9-16,19,27,33H,3,7-8,17H2,1-2H3,(H,41,45)/t27-,33-/m0/s1. The molecule has 1 aliphatic heterocycles. The lowest BCUT2D eigenvalue weighted by Gasteiger charge is -2.26. The molecule has 1 amide bonds. The minimum atomic E-state index is -4.81. The first-order chi connectivity index (χ1) is 22.3. The lowest BCUT2D eigenvalue weighted by Crippen LogP contribution is -2.40. The van der Waals surface area contributed by atoms with Crippen LogP contribution in [0.4, 0.5) is 17.6 Å². The second kappa shape index (κ2) is 12.5. The average Bonchev–Trinajstić information content (AvgIpc) is 3.85. The first-order valence-corrected chi connectivity index (χ1v) is 15.4. The number of hydrogen-bond acceptors (Lipinski definition) is 5. The molecule has 3 aromatic carbocycles. The molecule has 12 heteroatoms. The predicted molar refractivity (Wildman–Crippen MR) is 166 cm³/mol. The fourth-order valence-electron chi connectivity index (χ4n) is 5.95. The van der Waals surface area contributed by atoms with Gasteiger partial charge >= 0.3 is 12.1 Å². The van der Waals surface area contributed by atoms with Crippen molar-refractivity contribution in [3.63, 3.8) is 0 Å². The number of ether oxygens (including phenoxy) is 2. The predicted octanol–water partition coefficient (Wildman–Crippen LogP) is 8.02. The second-order valence-electron chi connectivity index (χ2n) is 11.6. The number of fused-ring (bicyclic) bond motifs is 6. The Kier molecular flexibility index (Phi) is 8.61. The molecule has 0 spiro atoms. The first kappa shape index (κ1) is 32.3. The summed E-state index contributed by atoms with van der Waals surface area (Å²) in [7, 11) is 0. The zero-order chi connectivity index (χ0) is 33.6. The second-order valence-corrected chi connectivity index (χ2v) is 12.0. The molecule has 0 saturated heterocycles. The quantitative estimate of drug-likeness (QED) is 0.172. The van der Waals surface area contributed by atoms with Gasteiger partial charge in [-0.2, -0.15) is 13.2 Å². The third-order valence-corrected chi connectivity index (χ3v) is 8.67. The molecule has 1 N–H and O–H groups in total. The Hall–Kier alpha value is -4.64. The smallest absolute Gasteiger partial charge is 0.416 e. The maximum Gasteiger partial charge on any atom is 0.416 e. The number of carbonyl (C=O) groups is 2. The van der Waals surface area contributed by atoms with Crippen molar-refractivity contribution >= 4 is 23.5 Å². The Morgan fingerprint density at radius 3 is 2.47 bits per heavy atom. The van der Waals surface area contributed by atoms with Crippen LogP contribution in [0.3, 0.4) is 0 Å². The number of aromatic nitrogens is 1. The summed E-state index contributed by atoms with van der Waals surface area (Å²) in [6, 6.07) is 11.2. The van der Waals surface area contributed by atoms with Crippen molar-refractivity contribution in [2.24, 2.45) is 0 Å². The highest BCUT2D eigenvalue weighted by molar-refractivity contribution is 6.31. The largest absolute Gasteiger partial charge is 0.466 e. The summed E-state index contributed by atoms with van der Waals surface area (Å²) >= 11 is 6.59. The molecule has 47 heavy (non-hydrogen) atoms. The number of aryl methyl sites for hydroxylation is 1. The van der Waals surface area contributed by atoms with E-state index >= 15 is 4.39 Å². The number of rotatable bonds is 5. The van der Waals surface area contributed by atoms with Gasteiger partial charge in [-0.1, -0.05) is 23.7 Å². The number of nitrogens with zero attached hydrogens (tertiary/aromatic N) is 1. The van der Waals surface area contributed by atoms with E-state index in [9.17, 15) is 27.6 Å². The average molecular weight is 669 g/mol. The van der Waals surface area contributed by atoms with Crippen LogP contribution in [0.2, 0.25) is 5.02 Å². The highest BCUT2D eigenvalue weighted by Crippen LogP contribution is 2.47. The third-order valence-electron chi connectivity index (χ3n) is 8.33. The number of alkyl halides is 3. The van der Waals surface area contributed by atoms with Gasteiger partial charge in [-0.15, -0.1) is 0 Å². The summed E-state index contributed by atoms with van der Waals surface area (Å²) in [5.74, 6) is -1.68. The summed E-state index contributed by atoms with van der Waals surface area (Å²) in [6.45, 7) is 3.51. The Labute approximate surface area is 272 Å². The van der Waals surface area contributed by atoms with Crippen molar-refractivity contribution in [2.45, 2.75) is 57.3 Å². The Morgan fingerprint density at radius 2 is 1.79 bits per heavy atom. The van der Waals surface area contributed by atoms with Crippen molar-refractivity contribution in [1.82, 2.24) is 9.88 Å². The summed E-state index contributed by atoms with van der Waals surface area (Å²) in [6.07, 6.45) is -2.91. The molecule has 1 aliphatic carbocycles. The van der Waals surface area contributed by atoms with Gasteiger partial charge in [0.1, 0.15) is 23.4 Å². The first-order valence-electron chi connectivity index (χ1n) is 15.0. The Morgan fingerprint density at radius 1 is 1.04 bits per heavy atom. The van der Waals surface area contributed by atoms with Gasteiger partial charge in [0.25, 0.3) is 5.56 Å². The molecule has 4 bridgehead atoms. The molecule has 1 fully saturated rings. The van der Waals surface area contributed by atoms with E-state index in [0.29, 0.717) is 34.6 Å². The van der Waals surface area contributed by atoms with Crippen LogP contribution in [0.1, 0.15) is 72.0 Å². The van der Waals surface area contributed by atoms with Gasteiger partial charge in [0.2, 0.25) is 5.91 Å². The van der Waals surface area contributed by atoms with E-state index in [4.69, 9.17) is 21.1 Å². The van der Waals surface area contributed by atoms with Crippen molar-refractivity contribution in [1.29, 1.82) is 0 Å². The van der Waals surface area contributed by atoms with Crippen LogP contribution in [0.15, 0.2) is 71.7 Å². The highest BCUT2D eigenvalue weighted by Gasteiger charge is 2.36. The molecule has 1 saturated carbocycles. The van der Waals surface area contributed by atoms with Crippen molar-refractivity contribution in [2.75, 3.05) is 6.61 Å². The fourth-order valence-corrected chi connectivity index (χ4v) is 6.17. The van der Waals surface area contributed by atoms with Gasteiger partial charge < -0.3 is 14.8 Å². The maximum atomic E-state index is 16.4. The molecule has 4 aromatic rings. The molecular formula is C35H29ClF4N2O5. The minimum absolute atomic E-state index is 0.00772. The van der Waals surface area contributed by atoms with Crippen LogP contribution in [-0.2, 0) is 20.5 Å². The summed E-state index contributed by atoms with van der Waals surface area (Å²) in [5.41, 5.74) is 0.180. The Bertz CT molecular complexity index is 1950. The van der Waals surface area contributed by atoms with Crippen LogP contribution in [0.5, 0.6) is 11.5 Å². The molecule has 0 unspecified atom stereocenters. The lowest BCUT2D eigenvalue weighted by atomic mass is 9.90. The van der Waals surface area contributed by atoms with Crippen molar-refractivity contribution < 1.29 is 36.6 Å².